The van der Waals surface area contributed by atoms with Gasteiger partial charge in [0, 0.05) is 12.1 Å². The molecule has 21 heavy (non-hydrogen) atoms. The summed E-state index contributed by atoms with van der Waals surface area (Å²) < 4.78 is 5.04. The molecule has 0 spiro atoms. The highest BCUT2D eigenvalue weighted by molar-refractivity contribution is 6.09. The summed E-state index contributed by atoms with van der Waals surface area (Å²) in [7, 11) is 1.59. The lowest BCUT2D eigenvalue weighted by molar-refractivity contribution is -0.127. The Morgan fingerprint density at radius 1 is 1.48 bits per heavy atom. The molecule has 0 fully saturated rings. The molecule has 0 aromatic heterocycles. The fourth-order valence-electron chi connectivity index (χ4n) is 1.83. The minimum Gasteiger partial charge on any atom is -0.497 e. The van der Waals surface area contributed by atoms with Crippen LogP contribution < -0.4 is 15.6 Å². The Labute approximate surface area is 122 Å². The Hall–Kier alpha value is -2.70. The summed E-state index contributed by atoms with van der Waals surface area (Å²) in [6.07, 6.45) is 1.55. The van der Waals surface area contributed by atoms with Crippen molar-refractivity contribution >= 4 is 23.7 Å². The molecular formula is C14H16N4O3. The largest absolute Gasteiger partial charge is 0.497 e. The molecular weight excluding hydrogens is 272 g/mol. The third-order valence-corrected chi connectivity index (χ3v) is 3.07. The number of carbonyl (C=O) groups excluding carboxylic acids is 2. The molecule has 1 aliphatic rings. The van der Waals surface area contributed by atoms with Crippen LogP contribution in [0.5, 0.6) is 5.75 Å². The number of nitrogens with zero attached hydrogens (tertiary/aromatic N) is 2. The maximum atomic E-state index is 11.7. The zero-order valence-corrected chi connectivity index (χ0v) is 11.8. The van der Waals surface area contributed by atoms with E-state index >= 15 is 0 Å². The van der Waals surface area contributed by atoms with E-state index in [2.05, 4.69) is 21.1 Å². The molecule has 7 nitrogen and oxygen atoms in total. The third kappa shape index (κ3) is 3.88. The first-order valence-electron chi connectivity index (χ1n) is 6.40. The Morgan fingerprint density at radius 3 is 2.76 bits per heavy atom. The maximum Gasteiger partial charge on any atom is 0.249 e. The van der Waals surface area contributed by atoms with E-state index < -0.39 is 5.92 Å². The summed E-state index contributed by atoms with van der Waals surface area (Å²) in [5, 5.41) is 7.63. The minimum absolute atomic E-state index is 0.0289. The van der Waals surface area contributed by atoms with Crippen molar-refractivity contribution in [2.75, 3.05) is 7.11 Å². The van der Waals surface area contributed by atoms with Crippen LogP contribution in [0.2, 0.25) is 0 Å². The van der Waals surface area contributed by atoms with Gasteiger partial charge in [-0.25, -0.2) is 10.9 Å². The van der Waals surface area contributed by atoms with E-state index in [1.54, 1.807) is 26.2 Å². The Kier molecular flexibility index (Phi) is 4.65. The number of amides is 2. The number of hydrogen-bond donors (Lipinski definition) is 2. The highest BCUT2D eigenvalue weighted by Gasteiger charge is 2.28. The molecule has 0 radical (unpaired) electrons. The van der Waals surface area contributed by atoms with Gasteiger partial charge in [0.15, 0.2) is 0 Å². The van der Waals surface area contributed by atoms with E-state index in [1.807, 2.05) is 12.1 Å². The maximum absolute atomic E-state index is 11.7. The van der Waals surface area contributed by atoms with Crippen molar-refractivity contribution in [3.8, 4) is 5.75 Å². The molecule has 1 aliphatic heterocycles. The van der Waals surface area contributed by atoms with Crippen molar-refractivity contribution in [2.24, 2.45) is 16.1 Å². The Bertz CT molecular complexity index is 593. The van der Waals surface area contributed by atoms with Crippen LogP contribution in [0, 0.1) is 5.92 Å². The molecule has 1 aromatic carbocycles. The summed E-state index contributed by atoms with van der Waals surface area (Å²) in [6.45, 7) is 1.70. The number of benzene rings is 1. The number of methoxy groups -OCH3 is 1. The van der Waals surface area contributed by atoms with Crippen molar-refractivity contribution in [3.05, 3.63) is 29.8 Å². The van der Waals surface area contributed by atoms with Gasteiger partial charge in [-0.15, -0.1) is 0 Å². The summed E-state index contributed by atoms with van der Waals surface area (Å²) >= 11 is 0. The molecule has 7 heteroatoms. The quantitative estimate of drug-likeness (QED) is 0.615. The molecule has 2 amide bonds. The van der Waals surface area contributed by atoms with Gasteiger partial charge in [-0.1, -0.05) is 0 Å². The molecule has 0 aliphatic carbocycles. The standard InChI is InChI=1S/C14H16N4O3/c1-9-12(14(20)18-16-9)7-13(19)17-15-8-10-3-5-11(21-2)6-4-10/h3-6,8,12H,7H2,1-2H3,(H,17,19)(H,18,20)/b15-8-/t12-/m1/s1. The van der Waals surface area contributed by atoms with Crippen molar-refractivity contribution in [1.82, 2.24) is 10.9 Å². The van der Waals surface area contributed by atoms with E-state index in [1.165, 1.54) is 6.21 Å². The highest BCUT2D eigenvalue weighted by atomic mass is 16.5. The second-order valence-electron chi connectivity index (χ2n) is 4.55. The number of hydrogen-bond acceptors (Lipinski definition) is 5. The molecule has 1 atom stereocenters. The smallest absolute Gasteiger partial charge is 0.249 e. The molecule has 0 saturated heterocycles. The molecule has 0 bridgehead atoms. The topological polar surface area (TPSA) is 92.1 Å². The molecule has 1 heterocycles. The normalized spacial score (nSPS) is 17.5. The minimum atomic E-state index is -0.513. The van der Waals surface area contributed by atoms with Gasteiger partial charge in [0.2, 0.25) is 11.8 Å². The molecule has 110 valence electrons. The van der Waals surface area contributed by atoms with Gasteiger partial charge in [-0.3, -0.25) is 9.59 Å². The lowest BCUT2D eigenvalue weighted by Crippen LogP contribution is -2.29. The number of hydrazone groups is 2. The van der Waals surface area contributed by atoms with E-state index in [-0.39, 0.29) is 18.2 Å². The lowest BCUT2D eigenvalue weighted by Gasteiger charge is -2.05. The Balaban J connectivity index is 1.84. The van der Waals surface area contributed by atoms with Crippen LogP contribution in [0.3, 0.4) is 0 Å². The second-order valence-corrected chi connectivity index (χ2v) is 4.55. The van der Waals surface area contributed by atoms with Crippen LogP contribution in [0.15, 0.2) is 34.5 Å². The number of carbonyl (C=O) groups is 2. The fourth-order valence-corrected chi connectivity index (χ4v) is 1.83. The van der Waals surface area contributed by atoms with Gasteiger partial charge in [-0.05, 0) is 36.8 Å². The van der Waals surface area contributed by atoms with Gasteiger partial charge >= 0.3 is 0 Å². The molecule has 1 aromatic rings. The molecule has 0 saturated carbocycles. The molecule has 2 rings (SSSR count). The monoisotopic (exact) mass is 288 g/mol. The van der Waals surface area contributed by atoms with Crippen molar-refractivity contribution in [1.29, 1.82) is 0 Å². The van der Waals surface area contributed by atoms with Gasteiger partial charge < -0.3 is 4.74 Å². The zero-order chi connectivity index (χ0) is 15.2. The Morgan fingerprint density at radius 2 is 2.19 bits per heavy atom. The van der Waals surface area contributed by atoms with E-state index in [4.69, 9.17) is 4.74 Å². The second kappa shape index (κ2) is 6.65. The number of rotatable bonds is 5. The molecule has 0 unspecified atom stereocenters. The van der Waals surface area contributed by atoms with Crippen LogP contribution in [0.1, 0.15) is 18.9 Å². The first-order chi connectivity index (χ1) is 10.1. The first kappa shape index (κ1) is 14.7. The zero-order valence-electron chi connectivity index (χ0n) is 11.8. The van der Waals surface area contributed by atoms with Crippen molar-refractivity contribution < 1.29 is 14.3 Å². The van der Waals surface area contributed by atoms with Crippen molar-refractivity contribution in [3.63, 3.8) is 0 Å². The summed E-state index contributed by atoms with van der Waals surface area (Å²) in [5.74, 6) is -0.363. The van der Waals surface area contributed by atoms with Crippen LogP contribution in [0.25, 0.3) is 0 Å². The van der Waals surface area contributed by atoms with Gasteiger partial charge in [0.25, 0.3) is 0 Å². The number of nitrogens with one attached hydrogen (secondary N) is 2. The first-order valence-corrected chi connectivity index (χ1v) is 6.40. The van der Waals surface area contributed by atoms with Crippen LogP contribution >= 0.6 is 0 Å². The van der Waals surface area contributed by atoms with Gasteiger partial charge in [-0.2, -0.15) is 10.2 Å². The number of ether oxygens (including phenoxy) is 1. The predicted octanol–water partition coefficient (Wildman–Crippen LogP) is 0.657. The van der Waals surface area contributed by atoms with Gasteiger partial charge in [0.05, 0.1) is 19.2 Å². The van der Waals surface area contributed by atoms with Crippen LogP contribution in [0.4, 0.5) is 0 Å². The average molecular weight is 288 g/mol. The van der Waals surface area contributed by atoms with E-state index in [9.17, 15) is 9.59 Å². The van der Waals surface area contributed by atoms with Crippen LogP contribution in [-0.2, 0) is 9.59 Å². The lowest BCUT2D eigenvalue weighted by atomic mass is 10.0. The molecule has 2 N–H and O–H groups in total. The summed E-state index contributed by atoms with van der Waals surface area (Å²) in [6, 6.07) is 7.23. The average Bonchev–Trinajstić information content (AvgIpc) is 2.80. The van der Waals surface area contributed by atoms with E-state index in [0.29, 0.717) is 5.71 Å². The van der Waals surface area contributed by atoms with Crippen molar-refractivity contribution in [2.45, 2.75) is 13.3 Å². The predicted molar refractivity (Wildman–Crippen MR) is 78.1 cm³/mol. The summed E-state index contributed by atoms with van der Waals surface area (Å²) in [4.78, 5) is 23.1. The van der Waals surface area contributed by atoms with Crippen LogP contribution in [-0.4, -0.2) is 30.9 Å². The van der Waals surface area contributed by atoms with E-state index in [0.717, 1.165) is 11.3 Å². The fraction of sp³-hybridized carbons (Fsp3) is 0.286. The van der Waals surface area contributed by atoms with Gasteiger partial charge in [0.1, 0.15) is 5.75 Å². The summed E-state index contributed by atoms with van der Waals surface area (Å²) in [5.41, 5.74) is 6.16. The SMILES string of the molecule is COc1ccc(/C=N\NC(=O)C[C@H]2C(=O)NN=C2C)cc1. The highest BCUT2D eigenvalue weighted by Crippen LogP contribution is 2.11. The third-order valence-electron chi connectivity index (χ3n) is 3.07.